The van der Waals surface area contributed by atoms with E-state index in [0.29, 0.717) is 6.42 Å². The zero-order valence-corrected chi connectivity index (χ0v) is 15.5. The minimum atomic E-state index is -0.738. The molecule has 24 heavy (non-hydrogen) atoms. The molecule has 0 aliphatic carbocycles. The Morgan fingerprint density at radius 3 is 2.54 bits per heavy atom. The van der Waals surface area contributed by atoms with Gasteiger partial charge in [-0.1, -0.05) is 44.0 Å². The molecule has 130 valence electrons. The fourth-order valence-corrected chi connectivity index (χ4v) is 4.65. The van der Waals surface area contributed by atoms with Crippen molar-refractivity contribution in [2.24, 2.45) is 0 Å². The zero-order valence-electron chi connectivity index (χ0n) is 13.9. The number of carbonyl (C=O) groups excluding carboxylic acids is 1. The number of hydrogen-bond acceptors (Lipinski definition) is 4. The topological polar surface area (TPSA) is 57.6 Å². The highest BCUT2D eigenvalue weighted by Crippen LogP contribution is 2.43. The highest BCUT2D eigenvalue weighted by atomic mass is 33.1. The summed E-state index contributed by atoms with van der Waals surface area (Å²) in [5.41, 5.74) is 2.35. The number of unbranched alkanes of at least 4 members (excludes halogenated alkanes) is 3. The van der Waals surface area contributed by atoms with Gasteiger partial charge in [0.25, 0.3) is 5.91 Å². The largest absolute Gasteiger partial charge is 0.481 e. The molecule has 0 saturated carbocycles. The first kappa shape index (κ1) is 18.9. The van der Waals surface area contributed by atoms with Crippen molar-refractivity contribution in [3.05, 3.63) is 40.3 Å². The van der Waals surface area contributed by atoms with E-state index in [-0.39, 0.29) is 12.3 Å². The summed E-state index contributed by atoms with van der Waals surface area (Å²) >= 11 is 0. The second-order valence-electron chi connectivity index (χ2n) is 5.73. The van der Waals surface area contributed by atoms with Crippen LogP contribution < -0.4 is 0 Å². The molecular formula is C18H23NO3S2. The monoisotopic (exact) mass is 365 g/mol. The molecule has 0 aromatic heterocycles. The van der Waals surface area contributed by atoms with E-state index < -0.39 is 5.97 Å². The van der Waals surface area contributed by atoms with Crippen LogP contribution >= 0.6 is 21.8 Å². The minimum absolute atomic E-state index is 0.0788. The van der Waals surface area contributed by atoms with Gasteiger partial charge in [-0.15, -0.1) is 0 Å². The highest BCUT2D eigenvalue weighted by molar-refractivity contribution is 8.78. The molecule has 1 saturated heterocycles. The number of carboxylic acid groups (broad SMARTS) is 1. The summed E-state index contributed by atoms with van der Waals surface area (Å²) in [5.74, 6) is -0.659. The molecule has 0 bridgehead atoms. The van der Waals surface area contributed by atoms with Gasteiger partial charge in [0.05, 0.1) is 4.91 Å². The third-order valence-corrected chi connectivity index (χ3v) is 6.22. The standard InChI is InChI=1S/C18H23NO3S2/c1-2-14-8-10-15(11-9-14)13-16-18(22)19(24-23-16)12-6-4-3-5-7-17(20)21/h8-11,13H,2-7,12H2,1H3,(H,20,21)/b16-13-. The van der Waals surface area contributed by atoms with Crippen LogP contribution in [0.3, 0.4) is 0 Å². The molecule has 1 aliphatic heterocycles. The molecule has 6 heteroatoms. The molecule has 1 aliphatic rings. The second kappa shape index (κ2) is 9.79. The van der Waals surface area contributed by atoms with Gasteiger partial charge < -0.3 is 5.11 Å². The quantitative estimate of drug-likeness (QED) is 0.296. The average Bonchev–Trinajstić information content (AvgIpc) is 2.91. The summed E-state index contributed by atoms with van der Waals surface area (Å²) in [4.78, 5) is 23.6. The van der Waals surface area contributed by atoms with E-state index in [1.54, 1.807) is 4.31 Å². The van der Waals surface area contributed by atoms with E-state index in [0.717, 1.165) is 42.7 Å². The molecule has 4 nitrogen and oxygen atoms in total. The van der Waals surface area contributed by atoms with Gasteiger partial charge in [0, 0.05) is 23.9 Å². The molecule has 1 fully saturated rings. The first-order valence-electron chi connectivity index (χ1n) is 8.29. The van der Waals surface area contributed by atoms with Crippen LogP contribution in [-0.4, -0.2) is 27.8 Å². The first-order valence-corrected chi connectivity index (χ1v) is 10.4. The minimum Gasteiger partial charge on any atom is -0.481 e. The van der Waals surface area contributed by atoms with Gasteiger partial charge in [-0.2, -0.15) is 0 Å². The second-order valence-corrected chi connectivity index (χ2v) is 7.87. The number of aryl methyl sites for hydroxylation is 1. The Kier molecular flexibility index (Phi) is 7.72. The van der Waals surface area contributed by atoms with Crippen molar-refractivity contribution >= 4 is 39.7 Å². The smallest absolute Gasteiger partial charge is 0.303 e. The van der Waals surface area contributed by atoms with Gasteiger partial charge >= 0.3 is 5.97 Å². The van der Waals surface area contributed by atoms with Gasteiger partial charge in [0.15, 0.2) is 0 Å². The number of amides is 1. The number of carboxylic acids is 1. The molecule has 1 amide bonds. The lowest BCUT2D eigenvalue weighted by Crippen LogP contribution is -2.20. The predicted octanol–water partition coefficient (Wildman–Crippen LogP) is 4.76. The number of hydrogen-bond donors (Lipinski definition) is 1. The van der Waals surface area contributed by atoms with E-state index in [1.165, 1.54) is 27.3 Å². The van der Waals surface area contributed by atoms with E-state index in [4.69, 9.17) is 5.11 Å². The Bertz CT molecular complexity index is 599. The maximum atomic E-state index is 12.4. The molecule has 2 rings (SSSR count). The Morgan fingerprint density at radius 2 is 1.88 bits per heavy atom. The summed E-state index contributed by atoms with van der Waals surface area (Å²) in [6, 6.07) is 8.29. The van der Waals surface area contributed by atoms with Gasteiger partial charge in [-0.05, 0) is 47.3 Å². The summed E-state index contributed by atoms with van der Waals surface area (Å²) in [6.45, 7) is 2.84. The Hall–Kier alpha value is -1.40. The Morgan fingerprint density at radius 1 is 1.17 bits per heavy atom. The lowest BCUT2D eigenvalue weighted by atomic mass is 10.1. The molecule has 1 heterocycles. The molecular weight excluding hydrogens is 342 g/mol. The Balaban J connectivity index is 1.77. The number of nitrogens with zero attached hydrogens (tertiary/aromatic N) is 1. The van der Waals surface area contributed by atoms with Gasteiger partial charge in [0.2, 0.25) is 0 Å². The van der Waals surface area contributed by atoms with Crippen molar-refractivity contribution < 1.29 is 14.7 Å². The SMILES string of the molecule is CCc1ccc(/C=C2\SSN(CCCCCCC(=O)O)C2=O)cc1. The molecule has 1 aromatic carbocycles. The van der Waals surface area contributed by atoms with Crippen LogP contribution in [0.2, 0.25) is 0 Å². The number of benzene rings is 1. The van der Waals surface area contributed by atoms with Crippen LogP contribution in [0.4, 0.5) is 0 Å². The van der Waals surface area contributed by atoms with E-state index in [9.17, 15) is 9.59 Å². The van der Waals surface area contributed by atoms with Crippen LogP contribution in [0.5, 0.6) is 0 Å². The van der Waals surface area contributed by atoms with Crippen LogP contribution in [0.15, 0.2) is 29.2 Å². The van der Waals surface area contributed by atoms with E-state index >= 15 is 0 Å². The third kappa shape index (κ3) is 5.91. The zero-order chi connectivity index (χ0) is 17.4. The van der Waals surface area contributed by atoms with E-state index in [1.807, 2.05) is 6.08 Å². The van der Waals surface area contributed by atoms with Crippen molar-refractivity contribution in [3.8, 4) is 0 Å². The maximum absolute atomic E-state index is 12.4. The fourth-order valence-electron chi connectivity index (χ4n) is 2.39. The van der Waals surface area contributed by atoms with Crippen molar-refractivity contribution in [2.75, 3.05) is 6.54 Å². The van der Waals surface area contributed by atoms with Crippen LogP contribution in [0.1, 0.15) is 50.2 Å². The molecule has 1 aromatic rings. The van der Waals surface area contributed by atoms with E-state index in [2.05, 4.69) is 31.2 Å². The molecule has 0 atom stereocenters. The third-order valence-electron chi connectivity index (χ3n) is 3.84. The maximum Gasteiger partial charge on any atom is 0.303 e. The molecule has 0 spiro atoms. The van der Waals surface area contributed by atoms with Gasteiger partial charge in [0.1, 0.15) is 0 Å². The lowest BCUT2D eigenvalue weighted by Gasteiger charge is -2.11. The summed E-state index contributed by atoms with van der Waals surface area (Å²) in [5, 5.41) is 8.59. The van der Waals surface area contributed by atoms with Gasteiger partial charge in [-0.3, -0.25) is 13.9 Å². The van der Waals surface area contributed by atoms with Crippen molar-refractivity contribution in [2.45, 2.75) is 45.4 Å². The first-order chi connectivity index (χ1) is 11.6. The number of carbonyl (C=O) groups is 2. The predicted molar refractivity (Wildman–Crippen MR) is 101 cm³/mol. The highest BCUT2D eigenvalue weighted by Gasteiger charge is 2.27. The van der Waals surface area contributed by atoms with Crippen molar-refractivity contribution in [1.29, 1.82) is 0 Å². The summed E-state index contributed by atoms with van der Waals surface area (Å²) in [6.07, 6.45) is 6.68. The normalized spacial score (nSPS) is 16.1. The van der Waals surface area contributed by atoms with Crippen molar-refractivity contribution in [3.63, 3.8) is 0 Å². The molecule has 0 unspecified atom stereocenters. The van der Waals surface area contributed by atoms with Gasteiger partial charge in [-0.25, -0.2) is 0 Å². The fraction of sp³-hybridized carbons (Fsp3) is 0.444. The Labute approximate surface area is 151 Å². The summed E-state index contributed by atoms with van der Waals surface area (Å²) < 4.78 is 1.80. The molecule has 0 radical (unpaired) electrons. The van der Waals surface area contributed by atoms with Crippen LogP contribution in [0, 0.1) is 0 Å². The molecule has 1 N–H and O–H groups in total. The average molecular weight is 366 g/mol. The van der Waals surface area contributed by atoms with Crippen molar-refractivity contribution in [1.82, 2.24) is 4.31 Å². The van der Waals surface area contributed by atoms with Crippen LogP contribution in [-0.2, 0) is 16.0 Å². The van der Waals surface area contributed by atoms with Crippen LogP contribution in [0.25, 0.3) is 6.08 Å². The number of aliphatic carboxylic acids is 1. The lowest BCUT2D eigenvalue weighted by molar-refractivity contribution is -0.137. The summed E-state index contributed by atoms with van der Waals surface area (Å²) in [7, 11) is 3.00. The number of rotatable bonds is 9.